The number of nitrogens with zero attached hydrogens (tertiary/aromatic N) is 2. The Hall–Kier alpha value is -1.14. The SMILES string of the molecule is CC(C)OCCN(C)CC(=O)N1CCC(C(=O)O)CC1. The van der Waals surface area contributed by atoms with Gasteiger partial charge in [0.25, 0.3) is 0 Å². The molecule has 6 nitrogen and oxygen atoms in total. The Morgan fingerprint density at radius 2 is 1.95 bits per heavy atom. The molecule has 0 bridgehead atoms. The number of hydrogen-bond donors (Lipinski definition) is 1. The fourth-order valence-corrected chi connectivity index (χ4v) is 2.23. The monoisotopic (exact) mass is 286 g/mol. The summed E-state index contributed by atoms with van der Waals surface area (Å²) in [6.45, 7) is 6.75. The maximum absolute atomic E-state index is 12.1. The lowest BCUT2D eigenvalue weighted by Gasteiger charge is -2.31. The highest BCUT2D eigenvalue weighted by atomic mass is 16.5. The van der Waals surface area contributed by atoms with Crippen LogP contribution in [0.25, 0.3) is 0 Å². The number of likely N-dealkylation sites (tertiary alicyclic amines) is 1. The van der Waals surface area contributed by atoms with Gasteiger partial charge in [-0.2, -0.15) is 0 Å². The van der Waals surface area contributed by atoms with Gasteiger partial charge in [0.1, 0.15) is 0 Å². The third kappa shape index (κ3) is 5.88. The molecule has 0 spiro atoms. The van der Waals surface area contributed by atoms with Gasteiger partial charge in [0.2, 0.25) is 5.91 Å². The Balaban J connectivity index is 2.24. The Kier molecular flexibility index (Phi) is 6.95. The molecule has 0 aromatic carbocycles. The van der Waals surface area contributed by atoms with Crippen LogP contribution in [0.5, 0.6) is 0 Å². The molecule has 1 saturated heterocycles. The number of likely N-dealkylation sites (N-methyl/N-ethyl adjacent to an activating group) is 1. The molecule has 0 atom stereocenters. The van der Waals surface area contributed by atoms with Crippen molar-refractivity contribution in [3.05, 3.63) is 0 Å². The first-order valence-electron chi connectivity index (χ1n) is 7.21. The topological polar surface area (TPSA) is 70.1 Å². The Morgan fingerprint density at radius 1 is 1.35 bits per heavy atom. The lowest BCUT2D eigenvalue weighted by molar-refractivity contribution is -0.145. The molecule has 1 heterocycles. The van der Waals surface area contributed by atoms with E-state index >= 15 is 0 Å². The molecule has 0 aromatic rings. The number of carboxylic acid groups (broad SMARTS) is 1. The molecule has 6 heteroatoms. The van der Waals surface area contributed by atoms with E-state index in [0.717, 1.165) is 6.54 Å². The highest BCUT2D eigenvalue weighted by Crippen LogP contribution is 2.17. The van der Waals surface area contributed by atoms with E-state index in [1.165, 1.54) is 0 Å². The summed E-state index contributed by atoms with van der Waals surface area (Å²) < 4.78 is 5.45. The van der Waals surface area contributed by atoms with Crippen LogP contribution in [-0.2, 0) is 14.3 Å². The zero-order chi connectivity index (χ0) is 15.1. The van der Waals surface area contributed by atoms with Crippen molar-refractivity contribution in [2.75, 3.05) is 39.8 Å². The second-order valence-electron chi connectivity index (χ2n) is 5.65. The van der Waals surface area contributed by atoms with Crippen LogP contribution in [0.2, 0.25) is 0 Å². The molecule has 0 aliphatic carbocycles. The van der Waals surface area contributed by atoms with Crippen LogP contribution in [-0.4, -0.2) is 72.7 Å². The third-order valence-electron chi connectivity index (χ3n) is 3.53. The zero-order valence-corrected chi connectivity index (χ0v) is 12.7. The van der Waals surface area contributed by atoms with Gasteiger partial charge in [-0.1, -0.05) is 0 Å². The molecule has 1 rings (SSSR count). The summed E-state index contributed by atoms with van der Waals surface area (Å²) in [5.41, 5.74) is 0. The van der Waals surface area contributed by atoms with E-state index in [9.17, 15) is 9.59 Å². The van der Waals surface area contributed by atoms with Gasteiger partial charge < -0.3 is 14.7 Å². The zero-order valence-electron chi connectivity index (χ0n) is 12.7. The number of hydrogen-bond acceptors (Lipinski definition) is 4. The molecule has 20 heavy (non-hydrogen) atoms. The Bertz CT molecular complexity index is 325. The quantitative estimate of drug-likeness (QED) is 0.745. The second kappa shape index (κ2) is 8.21. The van der Waals surface area contributed by atoms with E-state index in [-0.39, 0.29) is 17.9 Å². The standard InChI is InChI=1S/C14H26N2O4/c1-11(2)20-9-8-15(3)10-13(17)16-6-4-12(5-7-16)14(18)19/h11-12H,4-10H2,1-3H3,(H,18,19). The summed E-state index contributed by atoms with van der Waals surface area (Å²) >= 11 is 0. The number of piperidine rings is 1. The van der Waals surface area contributed by atoms with E-state index in [1.807, 2.05) is 25.8 Å². The summed E-state index contributed by atoms with van der Waals surface area (Å²) in [6.07, 6.45) is 1.32. The van der Waals surface area contributed by atoms with Gasteiger partial charge in [-0.15, -0.1) is 0 Å². The summed E-state index contributed by atoms with van der Waals surface area (Å²) in [7, 11) is 1.89. The van der Waals surface area contributed by atoms with Crippen LogP contribution in [0.1, 0.15) is 26.7 Å². The highest BCUT2D eigenvalue weighted by molar-refractivity contribution is 5.78. The van der Waals surface area contributed by atoms with E-state index < -0.39 is 5.97 Å². The van der Waals surface area contributed by atoms with E-state index in [2.05, 4.69) is 0 Å². The van der Waals surface area contributed by atoms with Crippen LogP contribution in [0.4, 0.5) is 0 Å². The number of carbonyl (C=O) groups is 2. The average molecular weight is 286 g/mol. The molecular formula is C14H26N2O4. The van der Waals surface area contributed by atoms with Gasteiger partial charge in [-0.05, 0) is 33.7 Å². The van der Waals surface area contributed by atoms with Gasteiger partial charge in [-0.3, -0.25) is 14.5 Å². The molecule has 0 aromatic heterocycles. The van der Waals surface area contributed by atoms with Crippen LogP contribution < -0.4 is 0 Å². The summed E-state index contributed by atoms with van der Waals surface area (Å²) in [4.78, 5) is 26.6. The summed E-state index contributed by atoms with van der Waals surface area (Å²) in [5, 5.41) is 8.92. The van der Waals surface area contributed by atoms with E-state index in [0.29, 0.717) is 39.1 Å². The third-order valence-corrected chi connectivity index (χ3v) is 3.53. The van der Waals surface area contributed by atoms with Gasteiger partial charge >= 0.3 is 5.97 Å². The number of carboxylic acids is 1. The molecular weight excluding hydrogens is 260 g/mol. The first-order chi connectivity index (χ1) is 9.40. The lowest BCUT2D eigenvalue weighted by atomic mass is 9.97. The lowest BCUT2D eigenvalue weighted by Crippen LogP contribution is -2.44. The minimum atomic E-state index is -0.750. The molecule has 1 N–H and O–H groups in total. The fraction of sp³-hybridized carbons (Fsp3) is 0.857. The molecule has 1 fully saturated rings. The molecule has 1 aliphatic rings. The number of ether oxygens (including phenoxy) is 1. The predicted octanol–water partition coefficient (Wildman–Crippen LogP) is 0.666. The van der Waals surface area contributed by atoms with Crippen LogP contribution >= 0.6 is 0 Å². The van der Waals surface area contributed by atoms with Crippen molar-refractivity contribution in [3.8, 4) is 0 Å². The first kappa shape index (κ1) is 16.9. The van der Waals surface area contributed by atoms with Crippen LogP contribution in [0, 0.1) is 5.92 Å². The minimum absolute atomic E-state index is 0.0703. The molecule has 1 aliphatic heterocycles. The van der Waals surface area contributed by atoms with Crippen molar-refractivity contribution < 1.29 is 19.4 Å². The largest absolute Gasteiger partial charge is 0.481 e. The number of aliphatic carboxylic acids is 1. The van der Waals surface area contributed by atoms with Crippen molar-refractivity contribution in [2.45, 2.75) is 32.8 Å². The number of rotatable bonds is 7. The molecule has 116 valence electrons. The minimum Gasteiger partial charge on any atom is -0.481 e. The maximum Gasteiger partial charge on any atom is 0.306 e. The van der Waals surface area contributed by atoms with Crippen LogP contribution in [0.3, 0.4) is 0 Å². The predicted molar refractivity (Wildman–Crippen MR) is 75.5 cm³/mol. The summed E-state index contributed by atoms with van der Waals surface area (Å²) in [5.74, 6) is -0.975. The van der Waals surface area contributed by atoms with Crippen molar-refractivity contribution >= 4 is 11.9 Å². The van der Waals surface area contributed by atoms with Crippen molar-refractivity contribution in [2.24, 2.45) is 5.92 Å². The second-order valence-corrected chi connectivity index (χ2v) is 5.65. The van der Waals surface area contributed by atoms with E-state index in [1.54, 1.807) is 4.90 Å². The van der Waals surface area contributed by atoms with E-state index in [4.69, 9.17) is 9.84 Å². The average Bonchev–Trinajstić information content (AvgIpc) is 2.38. The number of carbonyl (C=O) groups excluding carboxylic acids is 1. The van der Waals surface area contributed by atoms with Gasteiger partial charge in [0.15, 0.2) is 0 Å². The van der Waals surface area contributed by atoms with Crippen LogP contribution in [0.15, 0.2) is 0 Å². The van der Waals surface area contributed by atoms with Gasteiger partial charge in [0, 0.05) is 19.6 Å². The highest BCUT2D eigenvalue weighted by Gasteiger charge is 2.27. The Labute approximate surface area is 120 Å². The van der Waals surface area contributed by atoms with Crippen molar-refractivity contribution in [3.63, 3.8) is 0 Å². The Morgan fingerprint density at radius 3 is 2.45 bits per heavy atom. The smallest absolute Gasteiger partial charge is 0.306 e. The molecule has 1 amide bonds. The van der Waals surface area contributed by atoms with Crippen molar-refractivity contribution in [1.29, 1.82) is 0 Å². The molecule has 0 unspecified atom stereocenters. The summed E-state index contributed by atoms with van der Waals surface area (Å²) in [6, 6.07) is 0. The molecule has 0 radical (unpaired) electrons. The fourth-order valence-electron chi connectivity index (χ4n) is 2.23. The number of amides is 1. The van der Waals surface area contributed by atoms with Gasteiger partial charge in [-0.25, -0.2) is 0 Å². The van der Waals surface area contributed by atoms with Gasteiger partial charge in [0.05, 0.1) is 25.2 Å². The first-order valence-corrected chi connectivity index (χ1v) is 7.21. The molecule has 0 saturated carbocycles. The maximum atomic E-state index is 12.1. The normalized spacial score (nSPS) is 16.9. The van der Waals surface area contributed by atoms with Crippen molar-refractivity contribution in [1.82, 2.24) is 9.80 Å².